The van der Waals surface area contributed by atoms with E-state index in [4.69, 9.17) is 4.74 Å². The van der Waals surface area contributed by atoms with Gasteiger partial charge in [-0.25, -0.2) is 0 Å². The predicted octanol–water partition coefficient (Wildman–Crippen LogP) is 4.74. The van der Waals surface area contributed by atoms with E-state index in [9.17, 15) is 4.79 Å². The summed E-state index contributed by atoms with van der Waals surface area (Å²) in [6.45, 7) is 2.09. The number of rotatable bonds is 6. The molecule has 0 fully saturated rings. The summed E-state index contributed by atoms with van der Waals surface area (Å²) < 4.78 is 4.83. The second kappa shape index (κ2) is 10.8. The molecule has 0 aromatic heterocycles. The molecular formula is C19H24O2. The summed E-state index contributed by atoms with van der Waals surface area (Å²) in [6.07, 6.45) is 3.72. The van der Waals surface area contributed by atoms with E-state index < -0.39 is 0 Å². The van der Waals surface area contributed by atoms with Crippen LogP contribution in [-0.2, 0) is 9.53 Å². The summed E-state index contributed by atoms with van der Waals surface area (Å²) in [7, 11) is 1.56. The lowest BCUT2D eigenvalue weighted by Gasteiger charge is -2.04. The molecule has 2 nitrogen and oxygen atoms in total. The van der Waals surface area contributed by atoms with Crippen molar-refractivity contribution >= 4 is 6.29 Å². The molecule has 0 aliphatic heterocycles. The van der Waals surface area contributed by atoms with Crippen molar-refractivity contribution in [3.63, 3.8) is 0 Å². The van der Waals surface area contributed by atoms with Gasteiger partial charge in [-0.1, -0.05) is 80.4 Å². The standard InChI is InChI=1S/C12H10.C7H14O2/c1-3-7-11(8-4-1)12-9-5-2-6-10-12;1-3-4-5-7(6-8)9-2/h1-10H;6-7H,3-5H2,1-2H3. The first-order chi connectivity index (χ1) is 10.3. The largest absolute Gasteiger partial charge is 0.374 e. The Kier molecular flexibility index (Phi) is 8.81. The third kappa shape index (κ3) is 6.87. The number of methoxy groups -OCH3 is 1. The minimum atomic E-state index is -0.176. The molecule has 21 heavy (non-hydrogen) atoms. The van der Waals surface area contributed by atoms with Gasteiger partial charge in [-0.05, 0) is 17.5 Å². The van der Waals surface area contributed by atoms with Gasteiger partial charge in [0.2, 0.25) is 0 Å². The first kappa shape index (κ1) is 17.1. The third-order valence-electron chi connectivity index (χ3n) is 3.18. The van der Waals surface area contributed by atoms with Crippen molar-refractivity contribution in [2.75, 3.05) is 7.11 Å². The van der Waals surface area contributed by atoms with Gasteiger partial charge < -0.3 is 9.53 Å². The highest BCUT2D eigenvalue weighted by Gasteiger charge is 2.01. The summed E-state index contributed by atoms with van der Waals surface area (Å²) in [5, 5.41) is 0. The Morgan fingerprint density at radius 2 is 1.43 bits per heavy atom. The molecule has 112 valence electrons. The Morgan fingerprint density at radius 1 is 0.952 bits per heavy atom. The molecule has 0 amide bonds. The van der Waals surface area contributed by atoms with E-state index in [1.807, 2.05) is 12.1 Å². The van der Waals surface area contributed by atoms with E-state index in [1.165, 1.54) is 11.1 Å². The van der Waals surface area contributed by atoms with Gasteiger partial charge in [0, 0.05) is 7.11 Å². The Balaban J connectivity index is 0.000000222. The lowest BCUT2D eigenvalue weighted by molar-refractivity contribution is -0.116. The van der Waals surface area contributed by atoms with Gasteiger partial charge in [-0.15, -0.1) is 0 Å². The number of hydrogen-bond acceptors (Lipinski definition) is 2. The fourth-order valence-electron chi connectivity index (χ4n) is 1.91. The molecule has 2 aromatic carbocycles. The molecular weight excluding hydrogens is 260 g/mol. The number of benzene rings is 2. The van der Waals surface area contributed by atoms with Crippen LogP contribution in [0.1, 0.15) is 26.2 Å². The zero-order chi connectivity index (χ0) is 15.3. The average molecular weight is 284 g/mol. The van der Waals surface area contributed by atoms with Crippen LogP contribution in [0.2, 0.25) is 0 Å². The van der Waals surface area contributed by atoms with Crippen molar-refractivity contribution in [1.82, 2.24) is 0 Å². The van der Waals surface area contributed by atoms with Gasteiger partial charge in [0.15, 0.2) is 0 Å². The maximum Gasteiger partial charge on any atom is 0.148 e. The van der Waals surface area contributed by atoms with Crippen molar-refractivity contribution in [1.29, 1.82) is 0 Å². The van der Waals surface area contributed by atoms with Gasteiger partial charge in [0.1, 0.15) is 12.4 Å². The maximum atomic E-state index is 10.1. The molecule has 0 radical (unpaired) electrons. The normalized spacial score (nSPS) is 11.1. The van der Waals surface area contributed by atoms with E-state index in [2.05, 4.69) is 55.5 Å². The van der Waals surface area contributed by atoms with Gasteiger partial charge >= 0.3 is 0 Å². The predicted molar refractivity (Wildman–Crippen MR) is 88.3 cm³/mol. The first-order valence-corrected chi connectivity index (χ1v) is 7.40. The topological polar surface area (TPSA) is 26.3 Å². The second-order valence-electron chi connectivity index (χ2n) is 4.78. The number of hydrogen-bond donors (Lipinski definition) is 0. The lowest BCUT2D eigenvalue weighted by Crippen LogP contribution is -2.10. The van der Waals surface area contributed by atoms with Crippen LogP contribution in [-0.4, -0.2) is 19.5 Å². The molecule has 0 N–H and O–H groups in total. The van der Waals surface area contributed by atoms with E-state index in [0.717, 1.165) is 25.5 Å². The van der Waals surface area contributed by atoms with Crippen molar-refractivity contribution < 1.29 is 9.53 Å². The van der Waals surface area contributed by atoms with Crippen LogP contribution in [0.4, 0.5) is 0 Å². The van der Waals surface area contributed by atoms with Crippen molar-refractivity contribution in [3.8, 4) is 11.1 Å². The fourth-order valence-corrected chi connectivity index (χ4v) is 1.91. The SMILES string of the molecule is CCCCC(C=O)OC.c1ccc(-c2ccccc2)cc1. The molecule has 0 aliphatic carbocycles. The molecule has 1 unspecified atom stereocenters. The van der Waals surface area contributed by atoms with Crippen LogP contribution >= 0.6 is 0 Å². The number of carbonyl (C=O) groups is 1. The highest BCUT2D eigenvalue weighted by Crippen LogP contribution is 2.17. The van der Waals surface area contributed by atoms with E-state index in [-0.39, 0.29) is 6.10 Å². The zero-order valence-corrected chi connectivity index (χ0v) is 12.9. The van der Waals surface area contributed by atoms with E-state index in [0.29, 0.717) is 0 Å². The molecule has 0 aliphatic rings. The van der Waals surface area contributed by atoms with Gasteiger partial charge in [-0.3, -0.25) is 0 Å². The maximum absolute atomic E-state index is 10.1. The van der Waals surface area contributed by atoms with Crippen LogP contribution in [0.15, 0.2) is 60.7 Å². The smallest absolute Gasteiger partial charge is 0.148 e. The van der Waals surface area contributed by atoms with Crippen LogP contribution < -0.4 is 0 Å². The summed E-state index contributed by atoms with van der Waals surface area (Å²) in [4.78, 5) is 10.1. The summed E-state index contributed by atoms with van der Waals surface area (Å²) in [6, 6.07) is 20.8. The second-order valence-corrected chi connectivity index (χ2v) is 4.78. The van der Waals surface area contributed by atoms with Crippen LogP contribution in [0.5, 0.6) is 0 Å². The first-order valence-electron chi connectivity index (χ1n) is 7.40. The van der Waals surface area contributed by atoms with Crippen LogP contribution in [0.25, 0.3) is 11.1 Å². The quantitative estimate of drug-likeness (QED) is 0.716. The third-order valence-corrected chi connectivity index (χ3v) is 3.18. The summed E-state index contributed by atoms with van der Waals surface area (Å²) in [5.74, 6) is 0. The minimum Gasteiger partial charge on any atom is -0.374 e. The van der Waals surface area contributed by atoms with Gasteiger partial charge in [-0.2, -0.15) is 0 Å². The zero-order valence-electron chi connectivity index (χ0n) is 12.9. The molecule has 0 spiro atoms. The summed E-state index contributed by atoms with van der Waals surface area (Å²) in [5.41, 5.74) is 2.55. The molecule has 0 saturated carbocycles. The van der Waals surface area contributed by atoms with Gasteiger partial charge in [0.25, 0.3) is 0 Å². The van der Waals surface area contributed by atoms with E-state index in [1.54, 1.807) is 7.11 Å². The Morgan fingerprint density at radius 3 is 1.76 bits per heavy atom. The molecule has 2 aromatic rings. The van der Waals surface area contributed by atoms with Crippen molar-refractivity contribution in [2.24, 2.45) is 0 Å². The molecule has 1 atom stereocenters. The molecule has 0 saturated heterocycles. The highest BCUT2D eigenvalue weighted by atomic mass is 16.5. The van der Waals surface area contributed by atoms with Crippen LogP contribution in [0, 0.1) is 0 Å². The molecule has 2 rings (SSSR count). The fraction of sp³-hybridized carbons (Fsp3) is 0.316. The molecule has 2 heteroatoms. The lowest BCUT2D eigenvalue weighted by atomic mass is 10.1. The van der Waals surface area contributed by atoms with Gasteiger partial charge in [0.05, 0.1) is 0 Å². The van der Waals surface area contributed by atoms with Crippen molar-refractivity contribution in [2.45, 2.75) is 32.3 Å². The minimum absolute atomic E-state index is 0.176. The van der Waals surface area contributed by atoms with Crippen molar-refractivity contribution in [3.05, 3.63) is 60.7 Å². The average Bonchev–Trinajstić information content (AvgIpc) is 2.58. The molecule has 0 heterocycles. The molecule has 0 bridgehead atoms. The Labute approximate surface area is 127 Å². The Bertz CT molecular complexity index is 442. The highest BCUT2D eigenvalue weighted by molar-refractivity contribution is 5.62. The number of ether oxygens (including phenoxy) is 1. The van der Waals surface area contributed by atoms with E-state index >= 15 is 0 Å². The summed E-state index contributed by atoms with van der Waals surface area (Å²) >= 11 is 0. The monoisotopic (exact) mass is 284 g/mol. The number of aldehydes is 1. The van der Waals surface area contributed by atoms with Crippen LogP contribution in [0.3, 0.4) is 0 Å². The Hall–Kier alpha value is -1.93. The number of carbonyl (C=O) groups excluding carboxylic acids is 1. The number of unbranched alkanes of at least 4 members (excludes halogenated alkanes) is 1.